The van der Waals surface area contributed by atoms with E-state index in [1.165, 1.54) is 0 Å². The van der Waals surface area contributed by atoms with Crippen LogP contribution >= 0.6 is 19.6 Å². The van der Waals surface area contributed by atoms with Crippen molar-refractivity contribution in [2.75, 3.05) is 12.1 Å². The molecule has 2 atom stereocenters. The van der Waals surface area contributed by atoms with Crippen LogP contribution in [-0.2, 0) is 14.1 Å². The molecule has 0 aliphatic heterocycles. The Bertz CT molecular complexity index is 476. The Hall–Kier alpha value is -0.730. The summed E-state index contributed by atoms with van der Waals surface area (Å²) in [4.78, 5) is 13.3. The third-order valence-corrected chi connectivity index (χ3v) is 7.14. The van der Waals surface area contributed by atoms with Gasteiger partial charge in [0, 0.05) is 4.90 Å². The van der Waals surface area contributed by atoms with Crippen LogP contribution in [0.2, 0.25) is 0 Å². The number of carbonyl (C=O) groups excluding carboxylic acids is 1. The van der Waals surface area contributed by atoms with Crippen molar-refractivity contribution < 1.29 is 14.1 Å². The van der Waals surface area contributed by atoms with Crippen molar-refractivity contribution in [1.29, 1.82) is 0 Å². The lowest BCUT2D eigenvalue weighted by atomic mass is 9.98. The van der Waals surface area contributed by atoms with Gasteiger partial charge in [-0.25, -0.2) is 0 Å². The van der Waals surface area contributed by atoms with Gasteiger partial charge in [0.25, 0.3) is 0 Å². The number of hydrogen-bond donors (Lipinski definition) is 0. The molecule has 3 nitrogen and oxygen atoms in total. The maximum atomic E-state index is 12.8. The molecule has 1 rings (SSSR count). The Labute approximate surface area is 132 Å². The molecule has 1 aromatic rings. The van der Waals surface area contributed by atoms with Crippen molar-refractivity contribution >= 4 is 25.5 Å². The zero-order valence-electron chi connectivity index (χ0n) is 13.2. The fourth-order valence-corrected chi connectivity index (χ4v) is 5.99. The molecule has 0 aromatic heterocycles. The van der Waals surface area contributed by atoms with Crippen molar-refractivity contribution in [3.63, 3.8) is 0 Å². The van der Waals surface area contributed by atoms with Gasteiger partial charge < -0.3 is 9.30 Å². The highest BCUT2D eigenvalue weighted by atomic mass is 32.2. The Morgan fingerprint density at radius 3 is 2.48 bits per heavy atom. The Balaban J connectivity index is 2.77. The minimum absolute atomic E-state index is 0.301. The molecular weight excluding hydrogens is 303 g/mol. The lowest BCUT2D eigenvalue weighted by Crippen LogP contribution is -2.35. The summed E-state index contributed by atoms with van der Waals surface area (Å²) < 4.78 is 17.9. The highest BCUT2D eigenvalue weighted by Crippen LogP contribution is 2.47. The van der Waals surface area contributed by atoms with E-state index < -0.39 is 13.0 Å². The van der Waals surface area contributed by atoms with Gasteiger partial charge in [-0.15, -0.1) is 11.8 Å². The summed E-state index contributed by atoms with van der Waals surface area (Å²) in [5, 5.41) is -0.864. The topological polar surface area (TPSA) is 43.4 Å². The zero-order valence-corrected chi connectivity index (χ0v) is 15.0. The summed E-state index contributed by atoms with van der Waals surface area (Å²) in [6.07, 6.45) is 0.596. The summed E-state index contributed by atoms with van der Waals surface area (Å²) in [5.41, 5.74) is 0.469. The molecule has 0 radical (unpaired) electrons. The number of benzene rings is 1. The minimum atomic E-state index is -2.10. The van der Waals surface area contributed by atoms with Gasteiger partial charge in [-0.1, -0.05) is 32.0 Å². The second-order valence-electron chi connectivity index (χ2n) is 5.68. The molecule has 0 amide bonds. The molecule has 5 heteroatoms. The number of esters is 1. The highest BCUT2D eigenvalue weighted by Gasteiger charge is 2.41. The summed E-state index contributed by atoms with van der Waals surface area (Å²) in [6.45, 7) is 7.98. The predicted octanol–water partition coefficient (Wildman–Crippen LogP) is 4.66. The first-order chi connectivity index (χ1) is 9.90. The van der Waals surface area contributed by atoms with E-state index in [0.717, 1.165) is 4.90 Å². The predicted molar refractivity (Wildman–Crippen MR) is 90.7 cm³/mol. The van der Waals surface area contributed by atoms with Crippen LogP contribution in [0.5, 0.6) is 0 Å². The van der Waals surface area contributed by atoms with E-state index in [0.29, 0.717) is 24.4 Å². The number of ether oxygens (including phenoxy) is 1. The summed E-state index contributed by atoms with van der Waals surface area (Å²) in [6, 6.07) is 9.85. The first-order valence-electron chi connectivity index (χ1n) is 7.28. The molecule has 0 heterocycles. The summed E-state index contributed by atoms with van der Waals surface area (Å²) in [7, 11) is -2.10. The minimum Gasteiger partial charge on any atom is -0.465 e. The molecule has 0 fully saturated rings. The number of thioether (sulfide) groups is 1. The van der Waals surface area contributed by atoms with Gasteiger partial charge in [-0.2, -0.15) is 0 Å². The Kier molecular flexibility index (Phi) is 7.55. The lowest BCUT2D eigenvalue weighted by molar-refractivity contribution is -0.146. The van der Waals surface area contributed by atoms with Gasteiger partial charge in [0.05, 0.1) is 12.1 Å². The second-order valence-corrected chi connectivity index (χ2v) is 9.54. The van der Waals surface area contributed by atoms with Crippen LogP contribution in [0.25, 0.3) is 0 Å². The monoisotopic (exact) mass is 328 g/mol. The molecule has 1 aromatic carbocycles. The quantitative estimate of drug-likeness (QED) is 0.395. The van der Waals surface area contributed by atoms with Crippen molar-refractivity contribution in [3.8, 4) is 0 Å². The van der Waals surface area contributed by atoms with E-state index in [-0.39, 0.29) is 5.97 Å². The van der Waals surface area contributed by atoms with E-state index in [1.807, 2.05) is 44.2 Å². The van der Waals surface area contributed by atoms with Crippen molar-refractivity contribution in [2.24, 2.45) is 5.92 Å². The lowest BCUT2D eigenvalue weighted by Gasteiger charge is -2.28. The van der Waals surface area contributed by atoms with Crippen LogP contribution in [0.1, 0.15) is 34.1 Å². The van der Waals surface area contributed by atoms with Crippen LogP contribution in [-0.4, -0.2) is 23.2 Å². The third kappa shape index (κ3) is 5.52. The van der Waals surface area contributed by atoms with Gasteiger partial charge in [-0.3, -0.25) is 4.79 Å². The fourth-order valence-electron chi connectivity index (χ4n) is 2.24. The zero-order chi connectivity index (χ0) is 15.9. The molecular formula is C16H25O3PS. The van der Waals surface area contributed by atoms with Crippen LogP contribution in [0.4, 0.5) is 0 Å². The van der Waals surface area contributed by atoms with Gasteiger partial charge in [0.1, 0.15) is 13.0 Å². The van der Waals surface area contributed by atoms with Crippen LogP contribution in [0.15, 0.2) is 35.2 Å². The molecule has 0 aliphatic carbocycles. The molecule has 2 unspecified atom stereocenters. The van der Waals surface area contributed by atoms with E-state index in [9.17, 15) is 9.36 Å². The normalized spacial score (nSPS) is 15.5. The molecule has 21 heavy (non-hydrogen) atoms. The molecule has 0 saturated carbocycles. The standard InChI is InChI=1S/C16H25O3PS/c1-5-19-15(17)16(4,11-13(2)3)20(18)12-21-14-9-7-6-8-10-14/h6-10,13,20H,5,11-12H2,1-4H3. The molecule has 0 spiro atoms. The SMILES string of the molecule is CCOC(=O)C(C)(CC(C)C)[PH](=O)CSc1ccccc1. The van der Waals surface area contributed by atoms with Crippen molar-refractivity contribution in [2.45, 2.75) is 44.2 Å². The average molecular weight is 328 g/mol. The van der Waals surface area contributed by atoms with E-state index in [1.54, 1.807) is 25.6 Å². The van der Waals surface area contributed by atoms with Crippen LogP contribution in [0.3, 0.4) is 0 Å². The van der Waals surface area contributed by atoms with E-state index in [2.05, 4.69) is 0 Å². The molecule has 118 valence electrons. The number of carbonyl (C=O) groups is 1. The van der Waals surface area contributed by atoms with Gasteiger partial charge >= 0.3 is 5.97 Å². The maximum absolute atomic E-state index is 12.8. The van der Waals surface area contributed by atoms with Gasteiger partial charge in [0.2, 0.25) is 0 Å². The Morgan fingerprint density at radius 2 is 1.95 bits per heavy atom. The maximum Gasteiger partial charge on any atom is 0.319 e. The van der Waals surface area contributed by atoms with Crippen molar-refractivity contribution in [3.05, 3.63) is 30.3 Å². The average Bonchev–Trinajstić information content (AvgIpc) is 2.45. The first-order valence-corrected chi connectivity index (χ1v) is 9.88. The van der Waals surface area contributed by atoms with Crippen LogP contribution in [0, 0.1) is 5.92 Å². The van der Waals surface area contributed by atoms with E-state index >= 15 is 0 Å². The second kappa shape index (κ2) is 8.65. The summed E-state index contributed by atoms with van der Waals surface area (Å²) in [5.74, 6) is -0.0219. The highest BCUT2D eigenvalue weighted by molar-refractivity contribution is 8.04. The molecule has 0 bridgehead atoms. The smallest absolute Gasteiger partial charge is 0.319 e. The molecule has 0 saturated heterocycles. The molecule has 0 N–H and O–H groups in total. The number of rotatable bonds is 8. The fraction of sp³-hybridized carbons (Fsp3) is 0.562. The van der Waals surface area contributed by atoms with Crippen LogP contribution < -0.4 is 0 Å². The van der Waals surface area contributed by atoms with Crippen molar-refractivity contribution in [1.82, 2.24) is 0 Å². The molecule has 0 aliphatic rings. The third-order valence-electron chi connectivity index (χ3n) is 3.27. The largest absolute Gasteiger partial charge is 0.465 e. The number of hydrogen-bond acceptors (Lipinski definition) is 4. The van der Waals surface area contributed by atoms with Gasteiger partial charge in [0.15, 0.2) is 0 Å². The first kappa shape index (κ1) is 18.3. The Morgan fingerprint density at radius 1 is 1.33 bits per heavy atom. The van der Waals surface area contributed by atoms with Gasteiger partial charge in [-0.05, 0) is 38.3 Å². The van der Waals surface area contributed by atoms with E-state index in [4.69, 9.17) is 4.74 Å². The summed E-state index contributed by atoms with van der Waals surface area (Å²) >= 11 is 1.54.